The highest BCUT2D eigenvalue weighted by molar-refractivity contribution is 5.77. The Bertz CT molecular complexity index is 515. The molecule has 17 heavy (non-hydrogen) atoms. The van der Waals surface area contributed by atoms with Crippen LogP contribution in [0.2, 0.25) is 0 Å². The zero-order valence-corrected chi connectivity index (χ0v) is 10.8. The third kappa shape index (κ3) is 2.00. The lowest BCUT2D eigenvalue weighted by Crippen LogP contribution is -2.19. The Hall–Kier alpha value is -1.55. The molecular weight excluding hydrogens is 214 g/mol. The second kappa shape index (κ2) is 4.75. The van der Waals surface area contributed by atoms with E-state index in [1.54, 1.807) is 7.11 Å². The summed E-state index contributed by atoms with van der Waals surface area (Å²) in [5, 5.41) is 3.28. The van der Waals surface area contributed by atoms with Crippen molar-refractivity contribution >= 4 is 11.0 Å². The van der Waals surface area contributed by atoms with E-state index in [0.29, 0.717) is 6.04 Å². The molecule has 0 spiro atoms. The number of hydrogen-bond donors (Lipinski definition) is 1. The van der Waals surface area contributed by atoms with Gasteiger partial charge >= 0.3 is 0 Å². The fourth-order valence-corrected chi connectivity index (χ4v) is 2.15. The lowest BCUT2D eigenvalue weighted by Gasteiger charge is -2.13. The molecule has 0 aliphatic carbocycles. The van der Waals surface area contributed by atoms with Crippen LogP contribution in [0.25, 0.3) is 11.0 Å². The average molecular weight is 233 g/mol. The van der Waals surface area contributed by atoms with Gasteiger partial charge in [-0.15, -0.1) is 0 Å². The number of imidazole rings is 1. The molecule has 1 aromatic carbocycles. The highest BCUT2D eigenvalue weighted by Gasteiger charge is 2.15. The number of ether oxygens (including phenoxy) is 1. The Labute approximate surface area is 102 Å². The summed E-state index contributed by atoms with van der Waals surface area (Å²) in [6, 6.07) is 6.28. The predicted octanol–water partition coefficient (Wildman–Crippen LogP) is 2.25. The van der Waals surface area contributed by atoms with Gasteiger partial charge in [0.05, 0.1) is 24.2 Å². The van der Waals surface area contributed by atoms with E-state index >= 15 is 0 Å². The van der Waals surface area contributed by atoms with Crippen LogP contribution in [0.1, 0.15) is 25.2 Å². The fraction of sp³-hybridized carbons (Fsp3) is 0.462. The van der Waals surface area contributed by atoms with Gasteiger partial charge in [-0.05, 0) is 25.6 Å². The molecule has 0 amide bonds. The van der Waals surface area contributed by atoms with Crippen LogP contribution in [0.4, 0.5) is 0 Å². The standard InChI is InChI=1S/C13H19N3O/c1-5-10(14-2)13-15-11-8-9(17-4)6-7-12(11)16(13)3/h6-8,10,14H,5H2,1-4H3. The Balaban J connectivity index is 2.55. The molecule has 0 radical (unpaired) electrons. The van der Waals surface area contributed by atoms with Gasteiger partial charge in [0.2, 0.25) is 0 Å². The van der Waals surface area contributed by atoms with Gasteiger partial charge in [0, 0.05) is 13.1 Å². The Morgan fingerprint density at radius 1 is 1.47 bits per heavy atom. The van der Waals surface area contributed by atoms with Crippen molar-refractivity contribution in [2.45, 2.75) is 19.4 Å². The molecule has 4 heteroatoms. The van der Waals surface area contributed by atoms with Crippen LogP contribution >= 0.6 is 0 Å². The second-order valence-electron chi connectivity index (χ2n) is 4.13. The average Bonchev–Trinajstić information content (AvgIpc) is 2.68. The summed E-state index contributed by atoms with van der Waals surface area (Å²) in [4.78, 5) is 4.68. The molecule has 1 unspecified atom stereocenters. The van der Waals surface area contributed by atoms with Crippen molar-refractivity contribution in [3.63, 3.8) is 0 Å². The molecule has 1 aromatic heterocycles. The minimum atomic E-state index is 0.290. The van der Waals surface area contributed by atoms with Crippen molar-refractivity contribution in [2.24, 2.45) is 7.05 Å². The maximum atomic E-state index is 5.22. The number of aromatic nitrogens is 2. The summed E-state index contributed by atoms with van der Waals surface area (Å²) in [5.74, 6) is 1.91. The Morgan fingerprint density at radius 3 is 2.82 bits per heavy atom. The molecule has 1 atom stereocenters. The molecule has 92 valence electrons. The summed E-state index contributed by atoms with van der Waals surface area (Å²) in [7, 11) is 5.69. The number of nitrogens with one attached hydrogen (secondary N) is 1. The maximum Gasteiger partial charge on any atom is 0.126 e. The van der Waals surface area contributed by atoms with Gasteiger partial charge in [0.25, 0.3) is 0 Å². The van der Waals surface area contributed by atoms with Gasteiger partial charge in [-0.1, -0.05) is 6.92 Å². The zero-order chi connectivity index (χ0) is 12.4. The highest BCUT2D eigenvalue weighted by atomic mass is 16.5. The van der Waals surface area contributed by atoms with Crippen LogP contribution in [-0.4, -0.2) is 23.7 Å². The molecule has 2 aromatic rings. The Kier molecular flexibility index (Phi) is 3.33. The molecule has 4 nitrogen and oxygen atoms in total. The van der Waals surface area contributed by atoms with E-state index in [2.05, 4.69) is 28.8 Å². The summed E-state index contributed by atoms with van der Waals surface area (Å²) >= 11 is 0. The first-order valence-electron chi connectivity index (χ1n) is 5.88. The molecule has 0 saturated heterocycles. The van der Waals surface area contributed by atoms with Crippen LogP contribution in [0.3, 0.4) is 0 Å². The van der Waals surface area contributed by atoms with Crippen molar-refractivity contribution in [3.05, 3.63) is 24.0 Å². The molecule has 0 saturated carbocycles. The van der Waals surface area contributed by atoms with Crippen LogP contribution in [0, 0.1) is 0 Å². The number of benzene rings is 1. The number of rotatable bonds is 4. The minimum absolute atomic E-state index is 0.290. The number of nitrogens with zero attached hydrogens (tertiary/aromatic N) is 2. The summed E-state index contributed by atoms with van der Waals surface area (Å²) in [6.45, 7) is 2.15. The fourth-order valence-electron chi connectivity index (χ4n) is 2.15. The monoisotopic (exact) mass is 233 g/mol. The van der Waals surface area contributed by atoms with Crippen LogP contribution in [-0.2, 0) is 7.05 Å². The van der Waals surface area contributed by atoms with Crippen molar-refractivity contribution < 1.29 is 4.74 Å². The van der Waals surface area contributed by atoms with Crippen LogP contribution in [0.5, 0.6) is 5.75 Å². The summed E-state index contributed by atoms with van der Waals surface area (Å²) in [5.41, 5.74) is 2.12. The maximum absolute atomic E-state index is 5.22. The molecular formula is C13H19N3O. The first-order chi connectivity index (χ1) is 8.21. The van der Waals surface area contributed by atoms with Crippen LogP contribution in [0.15, 0.2) is 18.2 Å². The second-order valence-corrected chi connectivity index (χ2v) is 4.13. The largest absolute Gasteiger partial charge is 0.497 e. The van der Waals surface area contributed by atoms with E-state index in [-0.39, 0.29) is 0 Å². The van der Waals surface area contributed by atoms with Crippen molar-refractivity contribution in [1.82, 2.24) is 14.9 Å². The normalized spacial score (nSPS) is 12.9. The van der Waals surface area contributed by atoms with Gasteiger partial charge in [-0.3, -0.25) is 0 Å². The quantitative estimate of drug-likeness (QED) is 0.880. The van der Waals surface area contributed by atoms with Gasteiger partial charge in [0.1, 0.15) is 11.6 Å². The third-order valence-corrected chi connectivity index (χ3v) is 3.19. The third-order valence-electron chi connectivity index (χ3n) is 3.19. The highest BCUT2D eigenvalue weighted by Crippen LogP contribution is 2.24. The molecule has 0 aliphatic heterocycles. The first kappa shape index (κ1) is 11.9. The molecule has 0 fully saturated rings. The Morgan fingerprint density at radius 2 is 2.24 bits per heavy atom. The van der Waals surface area contributed by atoms with E-state index in [9.17, 15) is 0 Å². The SMILES string of the molecule is CCC(NC)c1nc2cc(OC)ccc2n1C. The van der Waals surface area contributed by atoms with Crippen molar-refractivity contribution in [2.75, 3.05) is 14.2 Å². The van der Waals surface area contributed by atoms with E-state index in [1.165, 1.54) is 0 Å². The van der Waals surface area contributed by atoms with E-state index < -0.39 is 0 Å². The van der Waals surface area contributed by atoms with Gasteiger partial charge in [-0.2, -0.15) is 0 Å². The van der Waals surface area contributed by atoms with Crippen molar-refractivity contribution in [1.29, 1.82) is 0 Å². The number of hydrogen-bond acceptors (Lipinski definition) is 3. The predicted molar refractivity (Wildman–Crippen MR) is 69.4 cm³/mol. The lowest BCUT2D eigenvalue weighted by molar-refractivity contribution is 0.415. The molecule has 1 heterocycles. The van der Waals surface area contributed by atoms with Gasteiger partial charge in [0.15, 0.2) is 0 Å². The smallest absolute Gasteiger partial charge is 0.126 e. The van der Waals surface area contributed by atoms with Crippen LogP contribution < -0.4 is 10.1 Å². The minimum Gasteiger partial charge on any atom is -0.497 e. The number of fused-ring (bicyclic) bond motifs is 1. The van der Waals surface area contributed by atoms with E-state index in [4.69, 9.17) is 4.74 Å². The lowest BCUT2D eigenvalue weighted by atomic mass is 10.2. The molecule has 0 bridgehead atoms. The van der Waals surface area contributed by atoms with Crippen molar-refractivity contribution in [3.8, 4) is 5.75 Å². The summed E-state index contributed by atoms with van der Waals surface area (Å²) in [6.07, 6.45) is 1.02. The van der Waals surface area contributed by atoms with E-state index in [1.807, 2.05) is 25.2 Å². The summed E-state index contributed by atoms with van der Waals surface area (Å²) < 4.78 is 7.36. The van der Waals surface area contributed by atoms with E-state index in [0.717, 1.165) is 29.0 Å². The number of methoxy groups -OCH3 is 1. The zero-order valence-electron chi connectivity index (χ0n) is 10.8. The molecule has 0 aliphatic rings. The number of aryl methyl sites for hydroxylation is 1. The van der Waals surface area contributed by atoms with Gasteiger partial charge in [-0.25, -0.2) is 4.98 Å². The molecule has 1 N–H and O–H groups in total. The molecule has 2 rings (SSSR count). The topological polar surface area (TPSA) is 39.1 Å². The first-order valence-corrected chi connectivity index (χ1v) is 5.88. The van der Waals surface area contributed by atoms with Gasteiger partial charge < -0.3 is 14.6 Å².